The minimum atomic E-state index is -3.40. The van der Waals surface area contributed by atoms with Crippen molar-refractivity contribution in [1.82, 2.24) is 10.2 Å². The maximum Gasteiger partial charge on any atom is 0.243 e. The predicted octanol–water partition coefficient (Wildman–Crippen LogP) is 0.410. The number of carbonyl (C=O) groups is 1. The molecular formula is C12H24N2O3S. The molecule has 5 nitrogen and oxygen atoms in total. The molecule has 1 saturated heterocycles. The fourth-order valence-corrected chi connectivity index (χ4v) is 2.62. The zero-order valence-electron chi connectivity index (χ0n) is 11.7. The predicted molar refractivity (Wildman–Crippen MR) is 72.2 cm³/mol. The average Bonchev–Trinajstić information content (AvgIpc) is 2.29. The monoisotopic (exact) mass is 276 g/mol. The first-order valence-corrected chi connectivity index (χ1v) is 8.32. The Bertz CT molecular complexity index is 398. The van der Waals surface area contributed by atoms with Crippen LogP contribution in [0.25, 0.3) is 0 Å². The summed E-state index contributed by atoms with van der Waals surface area (Å²) in [5, 5.41) is 3.25. The molecule has 1 aliphatic heterocycles. The molecule has 1 fully saturated rings. The largest absolute Gasteiger partial charge is 0.339 e. The number of rotatable bonds is 4. The van der Waals surface area contributed by atoms with E-state index in [-0.39, 0.29) is 11.9 Å². The lowest BCUT2D eigenvalue weighted by Crippen LogP contribution is -2.55. The van der Waals surface area contributed by atoms with Crippen LogP contribution in [0, 0.1) is 0 Å². The van der Waals surface area contributed by atoms with E-state index in [1.165, 1.54) is 13.8 Å². The summed E-state index contributed by atoms with van der Waals surface area (Å²) in [4.78, 5) is 14.2. The van der Waals surface area contributed by atoms with Gasteiger partial charge in [-0.15, -0.1) is 0 Å². The molecule has 1 amide bonds. The third-order valence-electron chi connectivity index (χ3n) is 3.79. The highest BCUT2D eigenvalue weighted by Crippen LogP contribution is 2.22. The van der Waals surface area contributed by atoms with E-state index in [0.29, 0.717) is 6.54 Å². The Morgan fingerprint density at radius 2 is 1.83 bits per heavy atom. The molecule has 1 heterocycles. The van der Waals surface area contributed by atoms with E-state index in [1.54, 1.807) is 4.90 Å². The summed E-state index contributed by atoms with van der Waals surface area (Å²) in [5.74, 6) is -0.278. The van der Waals surface area contributed by atoms with Crippen LogP contribution in [-0.2, 0) is 14.6 Å². The quantitative estimate of drug-likeness (QED) is 0.807. The molecule has 6 heteroatoms. The smallest absolute Gasteiger partial charge is 0.243 e. The van der Waals surface area contributed by atoms with Gasteiger partial charge in [0.25, 0.3) is 0 Å². The number of amides is 1. The Morgan fingerprint density at radius 1 is 1.33 bits per heavy atom. The van der Waals surface area contributed by atoms with Crippen molar-refractivity contribution in [3.8, 4) is 0 Å². The second kappa shape index (κ2) is 5.57. The summed E-state index contributed by atoms with van der Waals surface area (Å²) in [7, 11) is -3.40. The van der Waals surface area contributed by atoms with Gasteiger partial charge in [0.1, 0.15) is 4.75 Å². The first-order chi connectivity index (χ1) is 8.21. The van der Waals surface area contributed by atoms with Crippen molar-refractivity contribution in [2.45, 2.75) is 44.4 Å². The SMILES string of the molecule is CCN(C(=O)C(C)(C)S(C)(=O)=O)C1CCNCC1. The molecule has 0 aromatic carbocycles. The number of sulfone groups is 1. The van der Waals surface area contributed by atoms with E-state index in [4.69, 9.17) is 0 Å². The van der Waals surface area contributed by atoms with Gasteiger partial charge in [-0.05, 0) is 46.7 Å². The van der Waals surface area contributed by atoms with Gasteiger partial charge < -0.3 is 10.2 Å². The van der Waals surface area contributed by atoms with Crippen LogP contribution in [0.1, 0.15) is 33.6 Å². The van der Waals surface area contributed by atoms with Crippen LogP contribution in [0.3, 0.4) is 0 Å². The lowest BCUT2D eigenvalue weighted by molar-refractivity contribution is -0.135. The van der Waals surface area contributed by atoms with Gasteiger partial charge >= 0.3 is 0 Å². The van der Waals surface area contributed by atoms with Gasteiger partial charge in [0, 0.05) is 18.8 Å². The number of piperidine rings is 1. The molecule has 1 aliphatic rings. The standard InChI is InChI=1S/C12H24N2O3S/c1-5-14(10-6-8-13-9-7-10)11(15)12(2,3)18(4,16)17/h10,13H,5-9H2,1-4H3. The van der Waals surface area contributed by atoms with Gasteiger partial charge in [0.15, 0.2) is 9.84 Å². The van der Waals surface area contributed by atoms with Crippen molar-refractivity contribution < 1.29 is 13.2 Å². The first-order valence-electron chi connectivity index (χ1n) is 6.43. The van der Waals surface area contributed by atoms with Gasteiger partial charge in [-0.25, -0.2) is 8.42 Å². The Labute approximate surface area is 110 Å². The maximum absolute atomic E-state index is 12.5. The van der Waals surface area contributed by atoms with Gasteiger partial charge in [0.2, 0.25) is 5.91 Å². The molecule has 0 atom stereocenters. The molecule has 18 heavy (non-hydrogen) atoms. The number of hydrogen-bond acceptors (Lipinski definition) is 4. The molecule has 0 radical (unpaired) electrons. The molecule has 0 spiro atoms. The second-order valence-corrected chi connectivity index (χ2v) is 7.92. The zero-order valence-corrected chi connectivity index (χ0v) is 12.5. The van der Waals surface area contributed by atoms with Crippen molar-refractivity contribution in [1.29, 1.82) is 0 Å². The number of nitrogens with one attached hydrogen (secondary N) is 1. The summed E-state index contributed by atoms with van der Waals surface area (Å²) in [6.07, 6.45) is 2.90. The third kappa shape index (κ3) is 3.03. The van der Waals surface area contributed by atoms with E-state index in [2.05, 4.69) is 5.32 Å². The Morgan fingerprint density at radius 3 is 2.22 bits per heavy atom. The summed E-state index contributed by atoms with van der Waals surface area (Å²) >= 11 is 0. The van der Waals surface area contributed by atoms with Gasteiger partial charge in [-0.3, -0.25) is 4.79 Å². The summed E-state index contributed by atoms with van der Waals surface area (Å²) in [6.45, 7) is 7.21. The molecule has 0 saturated carbocycles. The van der Waals surface area contributed by atoms with Gasteiger partial charge in [-0.2, -0.15) is 0 Å². The van der Waals surface area contributed by atoms with E-state index in [0.717, 1.165) is 32.2 Å². The Hall–Kier alpha value is -0.620. The van der Waals surface area contributed by atoms with Crippen molar-refractivity contribution in [3.63, 3.8) is 0 Å². The molecule has 1 rings (SSSR count). The maximum atomic E-state index is 12.5. The first kappa shape index (κ1) is 15.4. The third-order valence-corrected chi connectivity index (χ3v) is 5.82. The molecule has 0 aliphatic carbocycles. The summed E-state index contributed by atoms with van der Waals surface area (Å²) < 4.78 is 22.1. The minimum Gasteiger partial charge on any atom is -0.339 e. The average molecular weight is 276 g/mol. The van der Waals surface area contributed by atoms with Gasteiger partial charge in [-0.1, -0.05) is 0 Å². The fraction of sp³-hybridized carbons (Fsp3) is 0.917. The van der Waals surface area contributed by atoms with Crippen LogP contribution >= 0.6 is 0 Å². The summed E-state index contributed by atoms with van der Waals surface area (Å²) in [6, 6.07) is 0.157. The lowest BCUT2D eigenvalue weighted by atomic mass is 10.0. The Balaban J connectivity index is 2.91. The summed E-state index contributed by atoms with van der Waals surface area (Å²) in [5.41, 5.74) is 0. The van der Waals surface area contributed by atoms with Crippen LogP contribution in [0.4, 0.5) is 0 Å². The highest BCUT2D eigenvalue weighted by Gasteiger charge is 2.42. The van der Waals surface area contributed by atoms with Crippen LogP contribution in [-0.4, -0.2) is 55.9 Å². The van der Waals surface area contributed by atoms with Crippen LogP contribution in [0.2, 0.25) is 0 Å². The van der Waals surface area contributed by atoms with Crippen molar-refractivity contribution in [2.75, 3.05) is 25.9 Å². The number of nitrogens with zero attached hydrogens (tertiary/aromatic N) is 1. The Kier molecular flexibility index (Phi) is 4.78. The van der Waals surface area contributed by atoms with Crippen LogP contribution in [0.15, 0.2) is 0 Å². The molecule has 0 bridgehead atoms. The van der Waals surface area contributed by atoms with E-state index >= 15 is 0 Å². The minimum absolute atomic E-state index is 0.157. The van der Waals surface area contributed by atoms with Crippen molar-refractivity contribution in [3.05, 3.63) is 0 Å². The highest BCUT2D eigenvalue weighted by molar-refractivity contribution is 7.92. The normalized spacial score (nSPS) is 18.7. The number of carbonyl (C=O) groups excluding carboxylic acids is 1. The molecule has 0 aromatic rings. The van der Waals surface area contributed by atoms with E-state index < -0.39 is 14.6 Å². The van der Waals surface area contributed by atoms with E-state index in [9.17, 15) is 13.2 Å². The molecule has 0 unspecified atom stereocenters. The van der Waals surface area contributed by atoms with Crippen molar-refractivity contribution in [2.24, 2.45) is 0 Å². The molecule has 1 N–H and O–H groups in total. The highest BCUT2D eigenvalue weighted by atomic mass is 32.2. The molecule has 0 aromatic heterocycles. The molecular weight excluding hydrogens is 252 g/mol. The zero-order chi connectivity index (χ0) is 14.0. The van der Waals surface area contributed by atoms with E-state index in [1.807, 2.05) is 6.92 Å². The van der Waals surface area contributed by atoms with Crippen LogP contribution < -0.4 is 5.32 Å². The van der Waals surface area contributed by atoms with Crippen molar-refractivity contribution >= 4 is 15.7 Å². The number of hydrogen-bond donors (Lipinski definition) is 1. The fourth-order valence-electron chi connectivity index (χ4n) is 2.19. The van der Waals surface area contributed by atoms with Crippen LogP contribution in [0.5, 0.6) is 0 Å². The lowest BCUT2D eigenvalue weighted by Gasteiger charge is -2.38. The molecule has 106 valence electrons. The van der Waals surface area contributed by atoms with Gasteiger partial charge in [0.05, 0.1) is 0 Å². The topological polar surface area (TPSA) is 66.5 Å². The second-order valence-electron chi connectivity index (χ2n) is 5.35.